The summed E-state index contributed by atoms with van der Waals surface area (Å²) in [6.07, 6.45) is 2.41. The predicted octanol–water partition coefficient (Wildman–Crippen LogP) is 3.31. The Kier molecular flexibility index (Phi) is 3.75. The van der Waals surface area contributed by atoms with Gasteiger partial charge in [0.2, 0.25) is 0 Å². The molecule has 6 heteroatoms. The van der Waals surface area contributed by atoms with Gasteiger partial charge in [0.25, 0.3) is 5.91 Å². The SMILES string of the molecule is CC(Cc1ccco1)Nc1cc2c(cc1Cl)NC(=O)CO2. The summed E-state index contributed by atoms with van der Waals surface area (Å²) in [7, 11) is 0. The number of ether oxygens (including phenoxy) is 1. The van der Waals surface area contributed by atoms with Crippen LogP contribution in [-0.4, -0.2) is 18.6 Å². The van der Waals surface area contributed by atoms with Gasteiger partial charge >= 0.3 is 0 Å². The fourth-order valence-corrected chi connectivity index (χ4v) is 2.48. The molecular formula is C15H15ClN2O3. The summed E-state index contributed by atoms with van der Waals surface area (Å²) >= 11 is 6.24. The maximum absolute atomic E-state index is 11.3. The largest absolute Gasteiger partial charge is 0.482 e. The zero-order valence-electron chi connectivity index (χ0n) is 11.5. The zero-order chi connectivity index (χ0) is 14.8. The molecule has 2 heterocycles. The standard InChI is InChI=1S/C15H15ClN2O3/c1-9(5-10-3-2-4-20-10)17-12-7-14-13(6-11(12)16)18-15(19)8-21-14/h2-4,6-7,9,17H,5,8H2,1H3,(H,18,19). The van der Waals surface area contributed by atoms with Crippen molar-refractivity contribution >= 4 is 28.9 Å². The van der Waals surface area contributed by atoms with E-state index >= 15 is 0 Å². The summed E-state index contributed by atoms with van der Waals surface area (Å²) in [5.41, 5.74) is 1.37. The van der Waals surface area contributed by atoms with Crippen molar-refractivity contribution in [3.8, 4) is 5.75 Å². The van der Waals surface area contributed by atoms with Crippen LogP contribution < -0.4 is 15.4 Å². The molecule has 1 aromatic carbocycles. The summed E-state index contributed by atoms with van der Waals surface area (Å²) in [5.74, 6) is 1.35. The minimum absolute atomic E-state index is 0.0238. The minimum Gasteiger partial charge on any atom is -0.482 e. The summed E-state index contributed by atoms with van der Waals surface area (Å²) in [6.45, 7) is 2.07. The van der Waals surface area contributed by atoms with Crippen molar-refractivity contribution in [3.05, 3.63) is 41.3 Å². The van der Waals surface area contributed by atoms with Crippen molar-refractivity contribution < 1.29 is 13.9 Å². The summed E-state index contributed by atoms with van der Waals surface area (Å²) in [5, 5.41) is 6.58. The Balaban J connectivity index is 1.75. The van der Waals surface area contributed by atoms with Crippen molar-refractivity contribution in [2.45, 2.75) is 19.4 Å². The van der Waals surface area contributed by atoms with E-state index in [1.165, 1.54) is 0 Å². The van der Waals surface area contributed by atoms with Crippen LogP contribution in [0, 0.1) is 0 Å². The first-order valence-electron chi connectivity index (χ1n) is 6.67. The lowest BCUT2D eigenvalue weighted by Crippen LogP contribution is -2.25. The van der Waals surface area contributed by atoms with Gasteiger partial charge in [-0.2, -0.15) is 0 Å². The molecule has 1 amide bonds. The molecular weight excluding hydrogens is 292 g/mol. The number of amides is 1. The van der Waals surface area contributed by atoms with Gasteiger partial charge in [-0.25, -0.2) is 0 Å². The summed E-state index contributed by atoms with van der Waals surface area (Å²) < 4.78 is 10.7. The highest BCUT2D eigenvalue weighted by Gasteiger charge is 2.19. The van der Waals surface area contributed by atoms with E-state index in [1.807, 2.05) is 19.1 Å². The van der Waals surface area contributed by atoms with Crippen molar-refractivity contribution in [2.75, 3.05) is 17.2 Å². The Bertz CT molecular complexity index is 655. The molecule has 1 aliphatic rings. The van der Waals surface area contributed by atoms with Gasteiger partial charge in [0.1, 0.15) is 11.5 Å². The maximum atomic E-state index is 11.3. The highest BCUT2D eigenvalue weighted by molar-refractivity contribution is 6.33. The van der Waals surface area contributed by atoms with Crippen molar-refractivity contribution in [1.29, 1.82) is 0 Å². The number of hydrogen-bond donors (Lipinski definition) is 2. The van der Waals surface area contributed by atoms with Crippen molar-refractivity contribution in [2.24, 2.45) is 0 Å². The molecule has 21 heavy (non-hydrogen) atoms. The van der Waals surface area contributed by atoms with E-state index in [2.05, 4.69) is 10.6 Å². The fraction of sp³-hybridized carbons (Fsp3) is 0.267. The van der Waals surface area contributed by atoms with Gasteiger partial charge in [-0.1, -0.05) is 11.6 Å². The molecule has 0 bridgehead atoms. The van der Waals surface area contributed by atoms with Crippen LogP contribution in [0.15, 0.2) is 34.9 Å². The first-order valence-corrected chi connectivity index (χ1v) is 7.05. The van der Waals surface area contributed by atoms with E-state index in [0.29, 0.717) is 16.5 Å². The molecule has 3 rings (SSSR count). The lowest BCUT2D eigenvalue weighted by molar-refractivity contribution is -0.118. The number of carbonyl (C=O) groups excluding carboxylic acids is 1. The van der Waals surface area contributed by atoms with Gasteiger partial charge in [0, 0.05) is 18.5 Å². The number of hydrogen-bond acceptors (Lipinski definition) is 4. The average Bonchev–Trinajstić information content (AvgIpc) is 2.92. The van der Waals surface area contributed by atoms with Gasteiger partial charge in [-0.3, -0.25) is 4.79 Å². The summed E-state index contributed by atoms with van der Waals surface area (Å²) in [6, 6.07) is 7.44. The van der Waals surface area contributed by atoms with E-state index in [4.69, 9.17) is 20.8 Å². The minimum atomic E-state index is -0.175. The van der Waals surface area contributed by atoms with E-state index in [-0.39, 0.29) is 18.6 Å². The topological polar surface area (TPSA) is 63.5 Å². The fourth-order valence-electron chi connectivity index (χ4n) is 2.26. The molecule has 5 nitrogen and oxygen atoms in total. The van der Waals surface area contributed by atoms with E-state index < -0.39 is 0 Å². The van der Waals surface area contributed by atoms with E-state index in [1.54, 1.807) is 18.4 Å². The van der Waals surface area contributed by atoms with Crippen LogP contribution in [0.4, 0.5) is 11.4 Å². The number of benzene rings is 1. The zero-order valence-corrected chi connectivity index (χ0v) is 12.2. The average molecular weight is 307 g/mol. The Labute approximate surface area is 127 Å². The normalized spacial score (nSPS) is 14.9. The molecule has 1 atom stereocenters. The highest BCUT2D eigenvalue weighted by atomic mass is 35.5. The van der Waals surface area contributed by atoms with Gasteiger partial charge in [0.15, 0.2) is 6.61 Å². The van der Waals surface area contributed by atoms with Crippen LogP contribution in [0.25, 0.3) is 0 Å². The molecule has 0 saturated carbocycles. The molecule has 1 aromatic heterocycles. The molecule has 2 N–H and O–H groups in total. The Morgan fingerprint density at radius 1 is 1.48 bits per heavy atom. The number of anilines is 2. The number of halogens is 1. The molecule has 1 unspecified atom stereocenters. The molecule has 110 valence electrons. The molecule has 0 saturated heterocycles. The number of rotatable bonds is 4. The number of nitrogens with one attached hydrogen (secondary N) is 2. The van der Waals surface area contributed by atoms with E-state index in [9.17, 15) is 4.79 Å². The van der Waals surface area contributed by atoms with Crippen LogP contribution in [0.5, 0.6) is 5.75 Å². The third kappa shape index (κ3) is 3.13. The smallest absolute Gasteiger partial charge is 0.262 e. The molecule has 1 aliphatic heterocycles. The lowest BCUT2D eigenvalue weighted by atomic mass is 10.1. The second-order valence-electron chi connectivity index (χ2n) is 4.99. The van der Waals surface area contributed by atoms with Crippen molar-refractivity contribution in [1.82, 2.24) is 0 Å². The lowest BCUT2D eigenvalue weighted by Gasteiger charge is -2.21. The number of furan rings is 1. The van der Waals surface area contributed by atoms with Crippen LogP contribution in [0.3, 0.4) is 0 Å². The number of carbonyl (C=O) groups is 1. The predicted molar refractivity (Wildman–Crippen MR) is 81.1 cm³/mol. The first-order chi connectivity index (χ1) is 10.1. The van der Waals surface area contributed by atoms with Gasteiger partial charge in [-0.15, -0.1) is 0 Å². The second kappa shape index (κ2) is 5.69. The third-order valence-corrected chi connectivity index (χ3v) is 3.50. The van der Waals surface area contributed by atoms with Crippen molar-refractivity contribution in [3.63, 3.8) is 0 Å². The second-order valence-corrected chi connectivity index (χ2v) is 5.40. The van der Waals surface area contributed by atoms with Gasteiger partial charge in [-0.05, 0) is 25.1 Å². The summed E-state index contributed by atoms with van der Waals surface area (Å²) in [4.78, 5) is 11.3. The van der Waals surface area contributed by atoms with Gasteiger partial charge < -0.3 is 19.8 Å². The highest BCUT2D eigenvalue weighted by Crippen LogP contribution is 2.36. The third-order valence-electron chi connectivity index (χ3n) is 3.19. The first kappa shape index (κ1) is 13.8. The van der Waals surface area contributed by atoms with Crippen LogP contribution in [0.2, 0.25) is 5.02 Å². The molecule has 0 radical (unpaired) electrons. The van der Waals surface area contributed by atoms with E-state index in [0.717, 1.165) is 17.9 Å². The van der Waals surface area contributed by atoms with Crippen LogP contribution >= 0.6 is 11.6 Å². The Hall–Kier alpha value is -2.14. The molecule has 0 spiro atoms. The van der Waals surface area contributed by atoms with Gasteiger partial charge in [0.05, 0.1) is 22.7 Å². The Morgan fingerprint density at radius 3 is 3.10 bits per heavy atom. The van der Waals surface area contributed by atoms with Crippen LogP contribution in [-0.2, 0) is 11.2 Å². The number of fused-ring (bicyclic) bond motifs is 1. The Morgan fingerprint density at radius 2 is 2.33 bits per heavy atom. The maximum Gasteiger partial charge on any atom is 0.262 e. The molecule has 0 fully saturated rings. The monoisotopic (exact) mass is 306 g/mol. The quantitative estimate of drug-likeness (QED) is 0.909. The molecule has 0 aliphatic carbocycles. The molecule has 2 aromatic rings. The van der Waals surface area contributed by atoms with Crippen LogP contribution in [0.1, 0.15) is 12.7 Å².